The van der Waals surface area contributed by atoms with Crippen molar-refractivity contribution in [2.45, 2.75) is 91.0 Å². The molecule has 0 radical (unpaired) electrons. The Labute approximate surface area is 192 Å². The summed E-state index contributed by atoms with van der Waals surface area (Å²) in [6, 6.07) is 0. The quantitative estimate of drug-likeness (QED) is 0.393. The maximum absolute atomic E-state index is 13.4. The Hall–Kier alpha value is -1.36. The van der Waals surface area contributed by atoms with Crippen molar-refractivity contribution in [2.75, 3.05) is 5.75 Å². The molecule has 0 aromatic heterocycles. The van der Waals surface area contributed by atoms with Crippen LogP contribution >= 0.6 is 0 Å². The van der Waals surface area contributed by atoms with E-state index in [0.717, 1.165) is 6.42 Å². The smallest absolute Gasteiger partial charge is 0.426 e. The van der Waals surface area contributed by atoms with Gasteiger partial charge in [0.25, 0.3) is 10.1 Å². The van der Waals surface area contributed by atoms with Crippen LogP contribution in [0.1, 0.15) is 72.6 Å². The molecule has 1 N–H and O–H groups in total. The molecule has 4 aliphatic rings. The van der Waals surface area contributed by atoms with E-state index >= 15 is 0 Å². The second kappa shape index (κ2) is 8.39. The van der Waals surface area contributed by atoms with Crippen molar-refractivity contribution < 1.29 is 45.2 Å². The van der Waals surface area contributed by atoms with Crippen LogP contribution in [0.5, 0.6) is 0 Å². The second-order valence-electron chi connectivity index (χ2n) is 11.1. The highest BCUT2D eigenvalue weighted by molar-refractivity contribution is 7.85. The number of hydrogen-bond donors (Lipinski definition) is 1. The highest BCUT2D eigenvalue weighted by Gasteiger charge is 2.64. The van der Waals surface area contributed by atoms with Gasteiger partial charge in [-0.05, 0) is 77.6 Å². The van der Waals surface area contributed by atoms with Crippen molar-refractivity contribution in [2.24, 2.45) is 28.1 Å². The monoisotopic (exact) mass is 498 g/mol. The molecule has 0 amide bonds. The van der Waals surface area contributed by atoms with E-state index in [0.29, 0.717) is 32.1 Å². The Bertz CT molecular complexity index is 882. The molecule has 4 bridgehead atoms. The van der Waals surface area contributed by atoms with Gasteiger partial charge in [0, 0.05) is 5.41 Å². The number of ether oxygens (including phenoxy) is 2. The van der Waals surface area contributed by atoms with E-state index in [1.165, 1.54) is 0 Å². The molecule has 33 heavy (non-hydrogen) atoms. The summed E-state index contributed by atoms with van der Waals surface area (Å²) in [6.45, 7) is 7.23. The minimum absolute atomic E-state index is 0.0880. The number of rotatable bonds is 8. The van der Waals surface area contributed by atoms with Crippen molar-refractivity contribution in [3.05, 3.63) is 0 Å². The summed E-state index contributed by atoms with van der Waals surface area (Å²) in [6.07, 6.45) is -4.78. The molecule has 4 rings (SSSR count). The summed E-state index contributed by atoms with van der Waals surface area (Å²) >= 11 is 0. The highest BCUT2D eigenvalue weighted by atomic mass is 32.2. The maximum atomic E-state index is 13.4. The van der Waals surface area contributed by atoms with Gasteiger partial charge in [-0.1, -0.05) is 6.92 Å². The van der Waals surface area contributed by atoms with Gasteiger partial charge in [0.1, 0.15) is 11.9 Å². The largest absolute Gasteiger partial charge is 0.462 e. The molecule has 0 aliphatic heterocycles. The lowest BCUT2D eigenvalue weighted by Crippen LogP contribution is -2.60. The molecule has 0 aromatic carbocycles. The van der Waals surface area contributed by atoms with Crippen LogP contribution in [0.15, 0.2) is 0 Å². The van der Waals surface area contributed by atoms with E-state index < -0.39 is 56.5 Å². The summed E-state index contributed by atoms with van der Waals surface area (Å²) in [5.41, 5.74) is -2.41. The first-order chi connectivity index (χ1) is 14.9. The highest BCUT2D eigenvalue weighted by Crippen LogP contribution is 2.67. The molecule has 4 saturated carbocycles. The molecule has 11 heteroatoms. The lowest BCUT2D eigenvalue weighted by molar-refractivity contribution is -0.234. The van der Waals surface area contributed by atoms with Crippen molar-refractivity contribution >= 4 is 22.1 Å². The third kappa shape index (κ3) is 5.33. The SMILES string of the molecule is CCC(C)(C)C(=O)OC(C)C12CC3CC(CC(C(=O)OC(CS(=O)(=O)O)C(F)(F)F)(C3)C1)C2. The van der Waals surface area contributed by atoms with E-state index in [9.17, 15) is 31.2 Å². The van der Waals surface area contributed by atoms with Crippen molar-refractivity contribution in [1.82, 2.24) is 0 Å². The first-order valence-electron chi connectivity index (χ1n) is 11.4. The first-order valence-corrected chi connectivity index (χ1v) is 13.0. The molecule has 4 aliphatic carbocycles. The summed E-state index contributed by atoms with van der Waals surface area (Å²) in [4.78, 5) is 25.8. The molecule has 0 spiro atoms. The lowest BCUT2D eigenvalue weighted by Gasteiger charge is -2.62. The Morgan fingerprint density at radius 2 is 1.64 bits per heavy atom. The van der Waals surface area contributed by atoms with E-state index in [1.807, 2.05) is 6.92 Å². The topological polar surface area (TPSA) is 107 Å². The van der Waals surface area contributed by atoms with Gasteiger partial charge < -0.3 is 9.47 Å². The minimum atomic E-state index is -5.14. The van der Waals surface area contributed by atoms with E-state index in [2.05, 4.69) is 0 Å². The Morgan fingerprint density at radius 1 is 1.09 bits per heavy atom. The normalized spacial score (nSPS) is 33.5. The van der Waals surface area contributed by atoms with Crippen molar-refractivity contribution in [3.63, 3.8) is 0 Å². The fourth-order valence-corrected chi connectivity index (χ4v) is 6.92. The summed E-state index contributed by atoms with van der Waals surface area (Å²) in [7, 11) is -5.02. The van der Waals surface area contributed by atoms with Crippen molar-refractivity contribution in [3.8, 4) is 0 Å². The molecule has 0 heterocycles. The third-order valence-corrected chi connectivity index (χ3v) is 8.82. The zero-order valence-electron chi connectivity index (χ0n) is 19.4. The number of hydrogen-bond acceptors (Lipinski definition) is 6. The number of halogens is 3. The van der Waals surface area contributed by atoms with Gasteiger partial charge in [0.05, 0.1) is 10.8 Å². The Balaban J connectivity index is 1.84. The van der Waals surface area contributed by atoms with Crippen LogP contribution in [0.25, 0.3) is 0 Å². The molecule has 0 saturated heterocycles. The van der Waals surface area contributed by atoms with Crippen LogP contribution in [-0.4, -0.2) is 49.0 Å². The predicted molar refractivity (Wildman–Crippen MR) is 112 cm³/mol. The molecular weight excluding hydrogens is 465 g/mol. The standard InChI is InChI=1S/C22H33F3O7S/c1-5-19(3,4)17(26)31-13(2)20-7-14-6-15(8-20)10-21(9-14,12-20)18(27)32-16(22(23,24)25)11-33(28,29)30/h13-16H,5-12H2,1-4H3,(H,28,29,30). The summed E-state index contributed by atoms with van der Waals surface area (Å²) in [5.74, 6) is -3.00. The second-order valence-corrected chi connectivity index (χ2v) is 12.6. The minimum Gasteiger partial charge on any atom is -0.462 e. The van der Waals surface area contributed by atoms with Crippen LogP contribution in [-0.2, 0) is 29.2 Å². The molecule has 4 atom stereocenters. The number of carbonyl (C=O) groups is 2. The molecule has 0 aromatic rings. The van der Waals surface area contributed by atoms with E-state index in [-0.39, 0.29) is 24.2 Å². The number of carbonyl (C=O) groups excluding carboxylic acids is 2. The Kier molecular flexibility index (Phi) is 6.67. The predicted octanol–water partition coefficient (Wildman–Crippen LogP) is 4.30. The zero-order chi connectivity index (χ0) is 25.0. The molecule has 4 unspecified atom stereocenters. The van der Waals surface area contributed by atoms with Crippen LogP contribution in [0.4, 0.5) is 13.2 Å². The van der Waals surface area contributed by atoms with Gasteiger partial charge in [-0.15, -0.1) is 0 Å². The fraction of sp³-hybridized carbons (Fsp3) is 0.909. The number of alkyl halides is 3. The molecular formula is C22H33F3O7S. The van der Waals surface area contributed by atoms with Gasteiger partial charge in [0.2, 0.25) is 6.10 Å². The summed E-state index contributed by atoms with van der Waals surface area (Å²) < 4.78 is 81.7. The van der Waals surface area contributed by atoms with Crippen LogP contribution in [0.3, 0.4) is 0 Å². The van der Waals surface area contributed by atoms with Gasteiger partial charge >= 0.3 is 18.1 Å². The van der Waals surface area contributed by atoms with Gasteiger partial charge in [0.15, 0.2) is 0 Å². The van der Waals surface area contributed by atoms with Gasteiger partial charge in [-0.3, -0.25) is 14.1 Å². The lowest BCUT2D eigenvalue weighted by atomic mass is 9.43. The number of esters is 2. The van der Waals surface area contributed by atoms with E-state index in [4.69, 9.17) is 14.0 Å². The van der Waals surface area contributed by atoms with Gasteiger partial charge in [-0.25, -0.2) is 0 Å². The van der Waals surface area contributed by atoms with E-state index in [1.54, 1.807) is 20.8 Å². The van der Waals surface area contributed by atoms with Crippen LogP contribution < -0.4 is 0 Å². The van der Waals surface area contributed by atoms with Crippen LogP contribution in [0.2, 0.25) is 0 Å². The third-order valence-electron chi connectivity index (χ3n) is 8.10. The zero-order valence-corrected chi connectivity index (χ0v) is 20.2. The average Bonchev–Trinajstić information content (AvgIpc) is 2.64. The molecule has 190 valence electrons. The van der Waals surface area contributed by atoms with Gasteiger partial charge in [-0.2, -0.15) is 21.6 Å². The fourth-order valence-electron chi connectivity index (χ4n) is 6.28. The first kappa shape index (κ1) is 26.2. The average molecular weight is 499 g/mol. The Morgan fingerprint density at radius 3 is 2.09 bits per heavy atom. The molecule has 4 fully saturated rings. The molecule has 7 nitrogen and oxygen atoms in total. The van der Waals surface area contributed by atoms with Crippen LogP contribution in [0, 0.1) is 28.1 Å². The summed E-state index contributed by atoms with van der Waals surface area (Å²) in [5, 5.41) is 0. The maximum Gasteiger partial charge on any atom is 0.426 e. The van der Waals surface area contributed by atoms with Crippen molar-refractivity contribution in [1.29, 1.82) is 0 Å².